The van der Waals surface area contributed by atoms with Crippen LogP contribution in [0.3, 0.4) is 0 Å². The third kappa shape index (κ3) is 3.10. The van der Waals surface area contributed by atoms with E-state index >= 15 is 0 Å². The lowest BCUT2D eigenvalue weighted by Gasteiger charge is -2.28. The van der Waals surface area contributed by atoms with Crippen molar-refractivity contribution in [1.29, 1.82) is 0 Å². The van der Waals surface area contributed by atoms with Gasteiger partial charge in [0.2, 0.25) is 0 Å². The average molecular weight is 290 g/mol. The number of aromatic nitrogens is 2. The molecule has 21 heavy (non-hydrogen) atoms. The van der Waals surface area contributed by atoms with Crippen LogP contribution in [0.25, 0.3) is 0 Å². The number of anilines is 1. The van der Waals surface area contributed by atoms with Crippen molar-refractivity contribution in [2.24, 2.45) is 18.4 Å². The van der Waals surface area contributed by atoms with Gasteiger partial charge in [-0.3, -0.25) is 4.68 Å². The molecule has 0 amide bonds. The van der Waals surface area contributed by atoms with E-state index in [1.165, 1.54) is 42.9 Å². The fourth-order valence-electron chi connectivity index (χ4n) is 3.49. The predicted molar refractivity (Wildman–Crippen MR) is 87.6 cm³/mol. The Kier molecular flexibility index (Phi) is 3.76. The summed E-state index contributed by atoms with van der Waals surface area (Å²) in [6, 6.07) is 0.748. The third-order valence-corrected chi connectivity index (χ3v) is 5.17. The number of rotatable bonds is 4. The van der Waals surface area contributed by atoms with Crippen LogP contribution >= 0.6 is 0 Å². The Labute approximate surface area is 128 Å². The average Bonchev–Trinajstić information content (AvgIpc) is 2.98. The second-order valence-electron chi connectivity index (χ2n) is 7.96. The van der Waals surface area contributed by atoms with E-state index in [0.717, 1.165) is 25.0 Å². The summed E-state index contributed by atoms with van der Waals surface area (Å²) in [6.45, 7) is 12.5. The van der Waals surface area contributed by atoms with Crippen LogP contribution in [-0.4, -0.2) is 28.9 Å². The maximum absolute atomic E-state index is 4.68. The zero-order chi connectivity index (χ0) is 15.2. The molecule has 0 radical (unpaired) electrons. The van der Waals surface area contributed by atoms with E-state index in [1.54, 1.807) is 0 Å². The number of nitrogens with zero attached hydrogens (tertiary/aromatic N) is 3. The molecule has 1 aromatic rings. The highest BCUT2D eigenvalue weighted by molar-refractivity contribution is 5.51. The number of hydrogen-bond donors (Lipinski definition) is 1. The number of aryl methyl sites for hydroxylation is 2. The first-order valence-electron chi connectivity index (χ1n) is 8.37. The molecule has 1 saturated heterocycles. The van der Waals surface area contributed by atoms with E-state index in [-0.39, 0.29) is 0 Å². The molecule has 2 aliphatic rings. The largest absolute Gasteiger partial charge is 0.356 e. The van der Waals surface area contributed by atoms with Crippen LogP contribution in [0.1, 0.15) is 51.3 Å². The molecule has 1 saturated carbocycles. The predicted octanol–water partition coefficient (Wildman–Crippen LogP) is 2.85. The van der Waals surface area contributed by atoms with Crippen molar-refractivity contribution >= 4 is 5.82 Å². The van der Waals surface area contributed by atoms with Crippen LogP contribution in [0.5, 0.6) is 0 Å². The molecule has 1 atom stereocenters. The third-order valence-electron chi connectivity index (χ3n) is 5.17. The molecule has 2 fully saturated rings. The van der Waals surface area contributed by atoms with Gasteiger partial charge < -0.3 is 10.2 Å². The monoisotopic (exact) mass is 290 g/mol. The quantitative estimate of drug-likeness (QED) is 0.925. The summed E-state index contributed by atoms with van der Waals surface area (Å²) in [5, 5.41) is 8.33. The molecule has 1 unspecified atom stereocenters. The standard InChI is InChI=1S/C17H30N4/c1-12-15(10-18-14-6-7-14)16(20(5)19-12)21-9-8-13(11-21)17(2,3)4/h13-14,18H,6-11H2,1-5H3. The van der Waals surface area contributed by atoms with Gasteiger partial charge in [0.15, 0.2) is 0 Å². The van der Waals surface area contributed by atoms with Crippen LogP contribution in [0.15, 0.2) is 0 Å². The number of nitrogens with one attached hydrogen (secondary N) is 1. The molecule has 2 heterocycles. The summed E-state index contributed by atoms with van der Waals surface area (Å²) >= 11 is 0. The first kappa shape index (κ1) is 14.9. The molecule has 0 bridgehead atoms. The van der Waals surface area contributed by atoms with E-state index in [4.69, 9.17) is 0 Å². The summed E-state index contributed by atoms with van der Waals surface area (Å²) < 4.78 is 2.09. The Morgan fingerprint density at radius 3 is 2.52 bits per heavy atom. The topological polar surface area (TPSA) is 33.1 Å². The van der Waals surface area contributed by atoms with Gasteiger partial charge in [0.25, 0.3) is 0 Å². The zero-order valence-electron chi connectivity index (χ0n) is 14.2. The summed E-state index contributed by atoms with van der Waals surface area (Å²) in [6.07, 6.45) is 3.97. The van der Waals surface area contributed by atoms with Crippen molar-refractivity contribution in [3.05, 3.63) is 11.3 Å². The van der Waals surface area contributed by atoms with Crippen LogP contribution in [0.4, 0.5) is 5.82 Å². The fourth-order valence-corrected chi connectivity index (χ4v) is 3.49. The molecule has 1 aromatic heterocycles. The molecule has 0 spiro atoms. The van der Waals surface area contributed by atoms with Crippen molar-refractivity contribution in [2.75, 3.05) is 18.0 Å². The van der Waals surface area contributed by atoms with E-state index in [1.807, 2.05) is 0 Å². The van der Waals surface area contributed by atoms with Gasteiger partial charge in [-0.25, -0.2) is 0 Å². The second kappa shape index (κ2) is 5.31. The molecule has 1 aliphatic carbocycles. The van der Waals surface area contributed by atoms with Gasteiger partial charge in [0.1, 0.15) is 5.82 Å². The Bertz CT molecular complexity index is 508. The Hall–Kier alpha value is -1.03. The molecule has 0 aromatic carbocycles. The normalized spacial score (nSPS) is 23.1. The molecular weight excluding hydrogens is 260 g/mol. The maximum atomic E-state index is 4.68. The van der Waals surface area contributed by atoms with Gasteiger partial charge in [-0.15, -0.1) is 0 Å². The van der Waals surface area contributed by atoms with Gasteiger partial charge in [0, 0.05) is 38.3 Å². The van der Waals surface area contributed by atoms with Crippen molar-refractivity contribution in [1.82, 2.24) is 15.1 Å². The van der Waals surface area contributed by atoms with Crippen molar-refractivity contribution in [3.63, 3.8) is 0 Å². The Morgan fingerprint density at radius 2 is 1.95 bits per heavy atom. The Morgan fingerprint density at radius 1 is 1.24 bits per heavy atom. The van der Waals surface area contributed by atoms with Gasteiger partial charge in [-0.2, -0.15) is 5.10 Å². The lowest BCUT2D eigenvalue weighted by Crippen LogP contribution is -2.28. The van der Waals surface area contributed by atoms with Crippen LogP contribution in [-0.2, 0) is 13.6 Å². The maximum Gasteiger partial charge on any atom is 0.131 e. The molecule has 3 rings (SSSR count). The van der Waals surface area contributed by atoms with Crippen molar-refractivity contribution in [2.45, 2.75) is 59.5 Å². The SMILES string of the molecule is Cc1nn(C)c(N2CCC(C(C)(C)C)C2)c1CNC1CC1. The van der Waals surface area contributed by atoms with Crippen LogP contribution in [0, 0.1) is 18.3 Å². The molecule has 1 N–H and O–H groups in total. The highest BCUT2D eigenvalue weighted by atomic mass is 15.4. The van der Waals surface area contributed by atoms with E-state index in [0.29, 0.717) is 5.41 Å². The minimum atomic E-state index is 0.398. The Balaban J connectivity index is 1.77. The molecule has 1 aliphatic heterocycles. The summed E-state index contributed by atoms with van der Waals surface area (Å²) in [4.78, 5) is 2.56. The lowest BCUT2D eigenvalue weighted by atomic mass is 9.80. The van der Waals surface area contributed by atoms with Gasteiger partial charge >= 0.3 is 0 Å². The lowest BCUT2D eigenvalue weighted by molar-refractivity contribution is 0.263. The van der Waals surface area contributed by atoms with E-state index in [9.17, 15) is 0 Å². The van der Waals surface area contributed by atoms with Gasteiger partial charge in [-0.1, -0.05) is 20.8 Å². The molecule has 4 heteroatoms. The highest BCUT2D eigenvalue weighted by Crippen LogP contribution is 2.37. The first-order chi connectivity index (χ1) is 9.86. The van der Waals surface area contributed by atoms with Crippen LogP contribution in [0.2, 0.25) is 0 Å². The zero-order valence-corrected chi connectivity index (χ0v) is 14.2. The molecular formula is C17H30N4. The van der Waals surface area contributed by atoms with Crippen molar-refractivity contribution in [3.8, 4) is 0 Å². The summed E-state index contributed by atoms with van der Waals surface area (Å²) in [5.41, 5.74) is 2.98. The van der Waals surface area contributed by atoms with E-state index < -0.39 is 0 Å². The van der Waals surface area contributed by atoms with Gasteiger partial charge in [0.05, 0.1) is 5.69 Å². The van der Waals surface area contributed by atoms with Crippen molar-refractivity contribution < 1.29 is 0 Å². The molecule has 4 nitrogen and oxygen atoms in total. The molecule has 118 valence electrons. The second-order valence-corrected chi connectivity index (χ2v) is 7.96. The minimum absolute atomic E-state index is 0.398. The summed E-state index contributed by atoms with van der Waals surface area (Å²) in [5.74, 6) is 2.12. The number of hydrogen-bond acceptors (Lipinski definition) is 3. The fraction of sp³-hybridized carbons (Fsp3) is 0.824. The van der Waals surface area contributed by atoms with Crippen LogP contribution < -0.4 is 10.2 Å². The van der Waals surface area contributed by atoms with E-state index in [2.05, 4.69) is 54.7 Å². The minimum Gasteiger partial charge on any atom is -0.356 e. The highest BCUT2D eigenvalue weighted by Gasteiger charge is 2.34. The van der Waals surface area contributed by atoms with Gasteiger partial charge in [-0.05, 0) is 37.5 Å². The first-order valence-corrected chi connectivity index (χ1v) is 8.37. The summed E-state index contributed by atoms with van der Waals surface area (Å²) in [7, 11) is 2.09. The smallest absolute Gasteiger partial charge is 0.131 e.